The van der Waals surface area contributed by atoms with E-state index in [9.17, 15) is 14.4 Å². The average molecular weight is 200 g/mol. The Labute approximate surface area is 83.2 Å². The van der Waals surface area contributed by atoms with Crippen molar-refractivity contribution in [3.8, 4) is 0 Å². The summed E-state index contributed by atoms with van der Waals surface area (Å²) >= 11 is 0. The molecule has 0 aliphatic heterocycles. The van der Waals surface area contributed by atoms with Crippen LogP contribution in [0, 0.1) is 5.41 Å². The summed E-state index contributed by atoms with van der Waals surface area (Å²) in [5, 5.41) is 4.82. The molecule has 0 spiro atoms. The lowest BCUT2D eigenvalue weighted by molar-refractivity contribution is -0.128. The molecule has 14 heavy (non-hydrogen) atoms. The van der Waals surface area contributed by atoms with Gasteiger partial charge in [-0.05, 0) is 5.41 Å². The summed E-state index contributed by atoms with van der Waals surface area (Å²) in [6, 6.07) is -0.625. The van der Waals surface area contributed by atoms with Crippen molar-refractivity contribution >= 4 is 18.6 Å². The minimum Gasteiger partial charge on any atom is -0.348 e. The van der Waals surface area contributed by atoms with Crippen molar-refractivity contribution in [2.45, 2.75) is 26.8 Å². The number of aldehydes is 1. The fraction of sp³-hybridized carbons (Fsp3) is 0.667. The van der Waals surface area contributed by atoms with Crippen molar-refractivity contribution < 1.29 is 14.4 Å². The Balaban J connectivity index is 4.40. The van der Waals surface area contributed by atoms with Gasteiger partial charge in [-0.1, -0.05) is 20.8 Å². The number of carbonyl (C=O) groups excluding carboxylic acids is 3. The van der Waals surface area contributed by atoms with Gasteiger partial charge in [0.1, 0.15) is 12.3 Å². The van der Waals surface area contributed by atoms with Gasteiger partial charge in [0.05, 0.1) is 6.54 Å². The first kappa shape index (κ1) is 12.6. The van der Waals surface area contributed by atoms with Crippen LogP contribution in [0.5, 0.6) is 0 Å². The van der Waals surface area contributed by atoms with Crippen LogP contribution in [0.25, 0.3) is 0 Å². The van der Waals surface area contributed by atoms with E-state index >= 15 is 0 Å². The number of nitrogens with one attached hydrogen (secondary N) is 2. The van der Waals surface area contributed by atoms with Crippen molar-refractivity contribution in [1.82, 2.24) is 10.6 Å². The molecule has 0 unspecified atom stereocenters. The highest BCUT2D eigenvalue weighted by molar-refractivity contribution is 5.85. The predicted octanol–water partition coefficient (Wildman–Crippen LogP) is -0.538. The van der Waals surface area contributed by atoms with E-state index in [0.717, 1.165) is 0 Å². The molecule has 5 nitrogen and oxygen atoms in total. The Hall–Kier alpha value is -1.39. The van der Waals surface area contributed by atoms with Crippen LogP contribution >= 0.6 is 0 Å². The van der Waals surface area contributed by atoms with Gasteiger partial charge in [0.15, 0.2) is 0 Å². The molecule has 0 radical (unpaired) electrons. The van der Waals surface area contributed by atoms with Crippen molar-refractivity contribution in [2.24, 2.45) is 5.41 Å². The SMILES string of the molecule is CC(C)(C)[C@H](NC=O)C(=O)NCC=O. The second kappa shape index (κ2) is 5.36. The van der Waals surface area contributed by atoms with Crippen LogP contribution in [-0.2, 0) is 14.4 Å². The van der Waals surface area contributed by atoms with Gasteiger partial charge in [-0.25, -0.2) is 0 Å². The molecule has 0 saturated carbocycles. The number of amides is 2. The van der Waals surface area contributed by atoms with E-state index in [1.165, 1.54) is 0 Å². The molecular formula is C9H16N2O3. The third kappa shape index (κ3) is 4.02. The van der Waals surface area contributed by atoms with E-state index in [0.29, 0.717) is 12.7 Å². The normalized spacial score (nSPS) is 12.8. The van der Waals surface area contributed by atoms with Gasteiger partial charge in [-0.2, -0.15) is 0 Å². The van der Waals surface area contributed by atoms with Crippen molar-refractivity contribution in [1.29, 1.82) is 0 Å². The monoisotopic (exact) mass is 200 g/mol. The van der Waals surface area contributed by atoms with Crippen LogP contribution in [0.2, 0.25) is 0 Å². The van der Waals surface area contributed by atoms with Crippen LogP contribution in [0.3, 0.4) is 0 Å². The first-order chi connectivity index (χ1) is 6.43. The van der Waals surface area contributed by atoms with Crippen molar-refractivity contribution in [2.75, 3.05) is 6.54 Å². The number of hydrogen-bond acceptors (Lipinski definition) is 3. The van der Waals surface area contributed by atoms with Crippen LogP contribution in [0.4, 0.5) is 0 Å². The van der Waals surface area contributed by atoms with Gasteiger partial charge in [0.2, 0.25) is 12.3 Å². The molecule has 0 aliphatic rings. The Morgan fingerprint density at radius 1 is 1.36 bits per heavy atom. The highest BCUT2D eigenvalue weighted by atomic mass is 16.2. The number of hydrogen-bond donors (Lipinski definition) is 2. The molecule has 0 aromatic heterocycles. The maximum absolute atomic E-state index is 11.4. The largest absolute Gasteiger partial charge is 0.348 e. The maximum Gasteiger partial charge on any atom is 0.243 e. The lowest BCUT2D eigenvalue weighted by atomic mass is 9.86. The smallest absolute Gasteiger partial charge is 0.243 e. The third-order valence-electron chi connectivity index (χ3n) is 1.72. The molecule has 0 rings (SSSR count). The molecule has 0 bridgehead atoms. The van der Waals surface area contributed by atoms with Crippen molar-refractivity contribution in [3.63, 3.8) is 0 Å². The zero-order chi connectivity index (χ0) is 11.2. The fourth-order valence-corrected chi connectivity index (χ4v) is 1.03. The molecule has 0 fully saturated rings. The molecule has 2 N–H and O–H groups in total. The van der Waals surface area contributed by atoms with Gasteiger partial charge in [-0.15, -0.1) is 0 Å². The highest BCUT2D eigenvalue weighted by Gasteiger charge is 2.30. The molecular weight excluding hydrogens is 184 g/mol. The van der Waals surface area contributed by atoms with E-state index in [1.54, 1.807) is 0 Å². The Morgan fingerprint density at radius 2 is 1.93 bits per heavy atom. The summed E-state index contributed by atoms with van der Waals surface area (Å²) in [6.07, 6.45) is 1.08. The molecule has 80 valence electrons. The molecule has 0 aromatic carbocycles. The van der Waals surface area contributed by atoms with E-state index < -0.39 is 6.04 Å². The van der Waals surface area contributed by atoms with E-state index in [-0.39, 0.29) is 17.9 Å². The van der Waals surface area contributed by atoms with Gasteiger partial charge in [-0.3, -0.25) is 9.59 Å². The molecule has 1 atom stereocenters. The summed E-state index contributed by atoms with van der Waals surface area (Å²) in [7, 11) is 0. The predicted molar refractivity (Wildman–Crippen MR) is 51.5 cm³/mol. The van der Waals surface area contributed by atoms with E-state index in [4.69, 9.17) is 0 Å². The lowest BCUT2D eigenvalue weighted by Gasteiger charge is -2.28. The first-order valence-corrected chi connectivity index (χ1v) is 4.34. The first-order valence-electron chi connectivity index (χ1n) is 4.34. The zero-order valence-corrected chi connectivity index (χ0v) is 8.66. The fourth-order valence-electron chi connectivity index (χ4n) is 1.03. The van der Waals surface area contributed by atoms with Gasteiger partial charge in [0, 0.05) is 0 Å². The standard InChI is InChI=1S/C9H16N2O3/c1-9(2,3)7(11-6-13)8(14)10-4-5-12/h5-7H,4H2,1-3H3,(H,10,14)(H,11,13)/t7-/m1/s1. The molecule has 0 aromatic rings. The molecule has 2 amide bonds. The van der Waals surface area contributed by atoms with E-state index in [1.807, 2.05) is 20.8 Å². The van der Waals surface area contributed by atoms with Crippen LogP contribution < -0.4 is 10.6 Å². The van der Waals surface area contributed by atoms with Crippen LogP contribution in [0.15, 0.2) is 0 Å². The lowest BCUT2D eigenvalue weighted by Crippen LogP contribution is -2.51. The van der Waals surface area contributed by atoms with Gasteiger partial charge < -0.3 is 15.4 Å². The minimum atomic E-state index is -0.625. The summed E-state index contributed by atoms with van der Waals surface area (Å²) in [5.74, 6) is -0.350. The second-order valence-electron chi connectivity index (χ2n) is 4.00. The summed E-state index contributed by atoms with van der Waals surface area (Å²) in [4.78, 5) is 31.8. The highest BCUT2D eigenvalue weighted by Crippen LogP contribution is 2.18. The molecule has 0 aliphatic carbocycles. The number of rotatable bonds is 5. The Kier molecular flexibility index (Phi) is 4.83. The molecule has 5 heteroatoms. The molecule has 0 heterocycles. The summed E-state index contributed by atoms with van der Waals surface area (Å²) in [5.41, 5.74) is -0.381. The Bertz CT molecular complexity index is 221. The van der Waals surface area contributed by atoms with Gasteiger partial charge in [0.25, 0.3) is 0 Å². The second-order valence-corrected chi connectivity index (χ2v) is 4.00. The van der Waals surface area contributed by atoms with Crippen LogP contribution in [0.1, 0.15) is 20.8 Å². The third-order valence-corrected chi connectivity index (χ3v) is 1.72. The average Bonchev–Trinajstić information content (AvgIpc) is 2.08. The quantitative estimate of drug-likeness (QED) is 0.585. The van der Waals surface area contributed by atoms with Crippen molar-refractivity contribution in [3.05, 3.63) is 0 Å². The topological polar surface area (TPSA) is 75.3 Å². The number of carbonyl (C=O) groups is 3. The zero-order valence-electron chi connectivity index (χ0n) is 8.66. The molecule has 0 saturated heterocycles. The van der Waals surface area contributed by atoms with Gasteiger partial charge >= 0.3 is 0 Å². The maximum atomic E-state index is 11.4. The summed E-state index contributed by atoms with van der Waals surface area (Å²) < 4.78 is 0. The van der Waals surface area contributed by atoms with Crippen LogP contribution in [-0.4, -0.2) is 31.2 Å². The summed E-state index contributed by atoms with van der Waals surface area (Å²) in [6.45, 7) is 5.45. The minimum absolute atomic E-state index is 0.0358. The van der Waals surface area contributed by atoms with E-state index in [2.05, 4.69) is 10.6 Å². The Morgan fingerprint density at radius 3 is 2.29 bits per heavy atom.